The van der Waals surface area contributed by atoms with Crippen LogP contribution in [-0.2, 0) is 5.66 Å². The number of nitrogens with one attached hydrogen (secondary N) is 3. The summed E-state index contributed by atoms with van der Waals surface area (Å²) in [6, 6.07) is 21.4. The number of piperazine rings is 1. The Morgan fingerprint density at radius 3 is 2.44 bits per heavy atom. The van der Waals surface area contributed by atoms with Crippen LogP contribution in [-0.4, -0.2) is 54.7 Å². The number of anilines is 3. The van der Waals surface area contributed by atoms with Crippen LogP contribution in [0.5, 0.6) is 5.75 Å². The number of imidazole rings is 1. The van der Waals surface area contributed by atoms with Crippen LogP contribution in [0.1, 0.15) is 18.1 Å². The molecule has 0 spiro atoms. The van der Waals surface area contributed by atoms with Crippen molar-refractivity contribution in [2.45, 2.75) is 12.6 Å². The molecule has 0 bridgehead atoms. The van der Waals surface area contributed by atoms with Crippen molar-refractivity contribution in [1.82, 2.24) is 14.9 Å². The largest absolute Gasteiger partial charge is 0.494 e. The number of H-pyrrole nitrogens is 1. The zero-order chi connectivity index (χ0) is 23.1. The van der Waals surface area contributed by atoms with Gasteiger partial charge in [0.15, 0.2) is 5.66 Å². The van der Waals surface area contributed by atoms with Crippen LogP contribution < -0.4 is 20.3 Å². The Hall–Kier alpha value is -3.71. The van der Waals surface area contributed by atoms with Crippen LogP contribution in [0.4, 0.5) is 17.1 Å². The molecule has 1 aromatic heterocycles. The Kier molecular flexibility index (Phi) is 5.07. The van der Waals surface area contributed by atoms with Crippen molar-refractivity contribution < 1.29 is 4.74 Å². The molecule has 7 heteroatoms. The van der Waals surface area contributed by atoms with Gasteiger partial charge < -0.3 is 30.2 Å². The average molecular weight is 455 g/mol. The summed E-state index contributed by atoms with van der Waals surface area (Å²) in [6.07, 6.45) is 1.74. The number of benzene rings is 3. The molecule has 2 aliphatic rings. The van der Waals surface area contributed by atoms with Crippen LogP contribution in [0.2, 0.25) is 0 Å². The number of fused-ring (bicyclic) bond motifs is 2. The Morgan fingerprint density at radius 2 is 1.65 bits per heavy atom. The summed E-state index contributed by atoms with van der Waals surface area (Å²) in [5, 5.41) is 7.66. The molecule has 3 aromatic carbocycles. The quantitative estimate of drug-likeness (QED) is 0.414. The highest BCUT2D eigenvalue weighted by atomic mass is 16.5. The van der Waals surface area contributed by atoms with Crippen LogP contribution in [0, 0.1) is 0 Å². The Morgan fingerprint density at radius 1 is 0.882 bits per heavy atom. The van der Waals surface area contributed by atoms with Crippen LogP contribution in [0.25, 0.3) is 11.0 Å². The van der Waals surface area contributed by atoms with Crippen molar-refractivity contribution in [1.29, 1.82) is 0 Å². The van der Waals surface area contributed by atoms with Gasteiger partial charge in [0.25, 0.3) is 0 Å². The van der Waals surface area contributed by atoms with Gasteiger partial charge in [-0.15, -0.1) is 0 Å². The summed E-state index contributed by atoms with van der Waals surface area (Å²) in [6.45, 7) is 6.91. The zero-order valence-electron chi connectivity index (χ0n) is 19.6. The fourth-order valence-electron chi connectivity index (χ4n) is 5.03. The van der Waals surface area contributed by atoms with Gasteiger partial charge in [0.1, 0.15) is 5.75 Å². The van der Waals surface area contributed by atoms with Gasteiger partial charge in [-0.25, -0.2) is 4.98 Å². The lowest BCUT2D eigenvalue weighted by Gasteiger charge is -2.34. The van der Waals surface area contributed by atoms with Gasteiger partial charge >= 0.3 is 0 Å². The molecule has 4 aromatic rings. The molecular formula is C27H30N6O. The van der Waals surface area contributed by atoms with Crippen molar-refractivity contribution in [2.24, 2.45) is 0 Å². The molecular weight excluding hydrogens is 424 g/mol. The van der Waals surface area contributed by atoms with Gasteiger partial charge in [0, 0.05) is 43.0 Å². The molecule has 3 N–H and O–H groups in total. The van der Waals surface area contributed by atoms with Crippen LogP contribution >= 0.6 is 0 Å². The highest BCUT2D eigenvalue weighted by Gasteiger charge is 2.40. The number of nitrogens with zero attached hydrogens (tertiary/aromatic N) is 3. The fourth-order valence-corrected chi connectivity index (χ4v) is 5.03. The minimum absolute atomic E-state index is 0.610. The van der Waals surface area contributed by atoms with E-state index in [0.717, 1.165) is 65.5 Å². The van der Waals surface area contributed by atoms with Gasteiger partial charge in [-0.3, -0.25) is 0 Å². The number of ether oxygens (including phenoxy) is 1. The van der Waals surface area contributed by atoms with Gasteiger partial charge in [-0.05, 0) is 56.4 Å². The molecule has 1 atom stereocenters. The minimum Gasteiger partial charge on any atom is -0.494 e. The lowest BCUT2D eigenvalue weighted by atomic mass is 9.91. The smallest absolute Gasteiger partial charge is 0.161 e. The van der Waals surface area contributed by atoms with E-state index in [9.17, 15) is 0 Å². The van der Waals surface area contributed by atoms with Crippen molar-refractivity contribution in [3.05, 3.63) is 78.1 Å². The van der Waals surface area contributed by atoms with Crippen molar-refractivity contribution >= 4 is 28.1 Å². The maximum atomic E-state index is 5.70. The molecule has 0 radical (unpaired) electrons. The fraction of sp³-hybridized carbons (Fsp3) is 0.296. The van der Waals surface area contributed by atoms with E-state index in [1.54, 1.807) is 6.33 Å². The number of rotatable bonds is 5. The van der Waals surface area contributed by atoms with Gasteiger partial charge in [0.2, 0.25) is 0 Å². The number of likely N-dealkylation sites (N-methyl/N-ethyl adjacent to an activating group) is 1. The lowest BCUT2D eigenvalue weighted by molar-refractivity contribution is 0.313. The molecule has 7 nitrogen and oxygen atoms in total. The van der Waals surface area contributed by atoms with Crippen LogP contribution in [0.15, 0.2) is 67.0 Å². The van der Waals surface area contributed by atoms with Gasteiger partial charge in [-0.1, -0.05) is 18.2 Å². The van der Waals surface area contributed by atoms with E-state index >= 15 is 0 Å². The van der Waals surface area contributed by atoms with Crippen molar-refractivity contribution in [3.8, 4) is 5.75 Å². The molecule has 0 amide bonds. The third kappa shape index (κ3) is 3.53. The number of hydrogen-bond acceptors (Lipinski definition) is 6. The monoisotopic (exact) mass is 454 g/mol. The first-order valence-electron chi connectivity index (χ1n) is 12.0. The number of hydrogen-bond donors (Lipinski definition) is 3. The second-order valence-corrected chi connectivity index (χ2v) is 9.11. The topological polar surface area (TPSA) is 68.5 Å². The summed E-state index contributed by atoms with van der Waals surface area (Å²) in [7, 11) is 2.19. The minimum atomic E-state index is -0.610. The van der Waals surface area contributed by atoms with Gasteiger partial charge in [-0.2, -0.15) is 0 Å². The van der Waals surface area contributed by atoms with E-state index in [4.69, 9.17) is 4.74 Å². The average Bonchev–Trinajstić information content (AvgIpc) is 3.49. The molecule has 3 heterocycles. The standard InChI is InChI=1S/C27H30N6O/c1-3-34-22-8-4-19(5-9-22)27(20-6-10-23-25(16-20)29-18-28-23)30-24-11-7-21(17-26(24)31-27)33-14-12-32(2)13-15-33/h4-11,16-18,30-31H,3,12-15H2,1-2H3,(H,28,29). The maximum Gasteiger partial charge on any atom is 0.161 e. The molecule has 1 unspecified atom stereocenters. The lowest BCUT2D eigenvalue weighted by Crippen LogP contribution is -2.44. The highest BCUT2D eigenvalue weighted by molar-refractivity contribution is 5.84. The first kappa shape index (κ1) is 20.9. The van der Waals surface area contributed by atoms with Gasteiger partial charge in [0.05, 0.1) is 35.3 Å². The molecule has 0 aliphatic carbocycles. The Bertz CT molecular complexity index is 1310. The second-order valence-electron chi connectivity index (χ2n) is 9.11. The maximum absolute atomic E-state index is 5.70. The van der Waals surface area contributed by atoms with Crippen LogP contribution in [0.3, 0.4) is 0 Å². The third-order valence-corrected chi connectivity index (χ3v) is 6.97. The predicted octanol–water partition coefficient (Wildman–Crippen LogP) is 4.45. The molecule has 1 fully saturated rings. The second kappa shape index (κ2) is 8.25. The highest BCUT2D eigenvalue weighted by Crippen LogP contribution is 2.45. The van der Waals surface area contributed by atoms with E-state index in [0.29, 0.717) is 6.61 Å². The summed E-state index contributed by atoms with van der Waals surface area (Å²) in [5.74, 6) is 0.872. The Balaban J connectivity index is 1.40. The number of aromatic nitrogens is 2. The first-order chi connectivity index (χ1) is 16.6. The summed E-state index contributed by atoms with van der Waals surface area (Å²) in [5.41, 5.74) is 7.03. The molecule has 34 heavy (non-hydrogen) atoms. The third-order valence-electron chi connectivity index (χ3n) is 6.97. The van der Waals surface area contributed by atoms with E-state index < -0.39 is 5.66 Å². The van der Waals surface area contributed by atoms with E-state index in [1.165, 1.54) is 5.69 Å². The van der Waals surface area contributed by atoms with E-state index in [2.05, 4.69) is 86.0 Å². The predicted molar refractivity (Wildman–Crippen MR) is 138 cm³/mol. The van der Waals surface area contributed by atoms with E-state index in [-0.39, 0.29) is 0 Å². The molecule has 6 rings (SSSR count). The first-order valence-corrected chi connectivity index (χ1v) is 12.0. The SMILES string of the molecule is CCOc1ccc(C2(c3ccc4[nH]cnc4c3)Nc3ccc(N4CCN(C)CC4)cc3N2)cc1. The summed E-state index contributed by atoms with van der Waals surface area (Å²) >= 11 is 0. The Labute approximate surface area is 199 Å². The van der Waals surface area contributed by atoms with Crippen molar-refractivity contribution in [2.75, 3.05) is 55.4 Å². The summed E-state index contributed by atoms with van der Waals surface area (Å²) < 4.78 is 5.70. The normalized spacial score (nSPS) is 20.1. The van der Waals surface area contributed by atoms with E-state index in [1.807, 2.05) is 19.1 Å². The molecule has 2 aliphatic heterocycles. The molecule has 0 saturated carbocycles. The molecule has 1 saturated heterocycles. The molecule has 174 valence electrons. The number of aromatic amines is 1. The zero-order valence-corrected chi connectivity index (χ0v) is 19.6. The van der Waals surface area contributed by atoms with Crippen molar-refractivity contribution in [3.63, 3.8) is 0 Å². The summed E-state index contributed by atoms with van der Waals surface area (Å²) in [4.78, 5) is 12.5.